The van der Waals surface area contributed by atoms with Crippen LogP contribution in [0.5, 0.6) is 0 Å². The first-order valence-corrected chi connectivity index (χ1v) is 5.86. The molecular weight excluding hydrogens is 334 g/mol. The van der Waals surface area contributed by atoms with Crippen molar-refractivity contribution in [2.75, 3.05) is 0 Å². The number of hydrogen-bond acceptors (Lipinski definition) is 10. The molecular formula is C10H5N5O9. The molecule has 0 aliphatic heterocycles. The van der Waals surface area contributed by atoms with Crippen LogP contribution in [0.25, 0.3) is 0 Å². The van der Waals surface area contributed by atoms with Crippen LogP contribution in [-0.4, -0.2) is 25.5 Å². The molecule has 124 valence electrons. The number of allylic oxidation sites excluding steroid dienone is 1. The third kappa shape index (κ3) is 2.27. The molecule has 14 nitrogen and oxygen atoms in total. The molecule has 1 atom stereocenters. The molecule has 1 aromatic carbocycles. The Morgan fingerprint density at radius 1 is 0.917 bits per heavy atom. The fraction of sp³-hybridized carbons (Fsp3) is 0.100. The Morgan fingerprint density at radius 3 is 1.92 bits per heavy atom. The molecule has 0 amide bonds. The number of nitrogens with two attached hydrogens (primary N) is 1. The second-order valence-corrected chi connectivity index (χ2v) is 4.52. The molecule has 1 aromatic rings. The van der Waals surface area contributed by atoms with Crippen LogP contribution >= 0.6 is 0 Å². The van der Waals surface area contributed by atoms with Crippen LogP contribution in [0.2, 0.25) is 0 Å². The second kappa shape index (κ2) is 5.34. The minimum absolute atomic E-state index is 0.424. The summed E-state index contributed by atoms with van der Waals surface area (Å²) in [5, 5.41) is 44.1. The van der Waals surface area contributed by atoms with Crippen LogP contribution in [0.1, 0.15) is 22.0 Å². The number of nitrogens with zero attached hydrogens (tertiary/aromatic N) is 4. The number of carbonyl (C=O) groups excluding carboxylic acids is 1. The van der Waals surface area contributed by atoms with Crippen molar-refractivity contribution in [3.63, 3.8) is 0 Å². The first kappa shape index (κ1) is 16.4. The molecule has 2 N–H and O–H groups in total. The Hall–Kier alpha value is -3.97. The predicted molar refractivity (Wildman–Crippen MR) is 72.0 cm³/mol. The van der Waals surface area contributed by atoms with E-state index in [1.807, 2.05) is 0 Å². The molecule has 14 heteroatoms. The average Bonchev–Trinajstić information content (AvgIpc) is 2.45. The van der Waals surface area contributed by atoms with Gasteiger partial charge in [0.25, 0.3) is 23.2 Å². The molecule has 1 aliphatic carbocycles. The lowest BCUT2D eigenvalue weighted by Gasteiger charge is -2.17. The molecule has 0 saturated heterocycles. The number of rotatable bonds is 4. The normalized spacial score (nSPS) is 16.5. The number of hydrogen-bond donors (Lipinski definition) is 1. The largest absolute Gasteiger partial charge is 0.390 e. The quantitative estimate of drug-likeness (QED) is 0.590. The molecule has 2 rings (SSSR count). The van der Waals surface area contributed by atoms with Gasteiger partial charge in [0.15, 0.2) is 5.70 Å². The van der Waals surface area contributed by atoms with E-state index < -0.39 is 65.4 Å². The number of nitro groups is 4. The van der Waals surface area contributed by atoms with Crippen molar-refractivity contribution < 1.29 is 24.5 Å². The summed E-state index contributed by atoms with van der Waals surface area (Å²) in [6.45, 7) is 0. The average molecular weight is 339 g/mol. The molecule has 0 unspecified atom stereocenters. The van der Waals surface area contributed by atoms with E-state index in [1.54, 1.807) is 0 Å². The number of nitro benzene ring substituents is 2. The topological polar surface area (TPSA) is 216 Å². The molecule has 0 heterocycles. The second-order valence-electron chi connectivity index (χ2n) is 4.52. The predicted octanol–water partition coefficient (Wildman–Crippen LogP) is 0.464. The van der Waals surface area contributed by atoms with Gasteiger partial charge in [-0.05, 0) is 0 Å². The molecule has 24 heavy (non-hydrogen) atoms. The molecule has 1 aliphatic rings. The van der Waals surface area contributed by atoms with Gasteiger partial charge in [-0.25, -0.2) is 0 Å². The van der Waals surface area contributed by atoms with Gasteiger partial charge in [0.1, 0.15) is 5.56 Å². The molecule has 0 aromatic heterocycles. The van der Waals surface area contributed by atoms with Crippen LogP contribution in [0.3, 0.4) is 0 Å². The highest BCUT2D eigenvalue weighted by atomic mass is 16.6. The zero-order chi connectivity index (χ0) is 18.3. The standard InChI is InChI=1S/C10H5N5O9/c11-7-8(14(21)22)6-4(10(16)9(7)15(23)24)1-3(12(17)18)2-5(6)13(19)20/h1-2,8H,11H2/t8-/m0/s1. The summed E-state index contributed by atoms with van der Waals surface area (Å²) in [4.78, 5) is 51.6. The summed E-state index contributed by atoms with van der Waals surface area (Å²) in [6, 6.07) is -1.32. The summed E-state index contributed by atoms with van der Waals surface area (Å²) < 4.78 is 0. The van der Waals surface area contributed by atoms with E-state index in [1.165, 1.54) is 0 Å². The third-order valence-corrected chi connectivity index (χ3v) is 3.25. The van der Waals surface area contributed by atoms with Crippen molar-refractivity contribution in [3.8, 4) is 0 Å². The van der Waals surface area contributed by atoms with Gasteiger partial charge >= 0.3 is 5.70 Å². The van der Waals surface area contributed by atoms with E-state index in [9.17, 15) is 45.3 Å². The van der Waals surface area contributed by atoms with E-state index in [4.69, 9.17) is 5.73 Å². The van der Waals surface area contributed by atoms with Gasteiger partial charge in [-0.1, -0.05) is 0 Å². The molecule has 0 fully saturated rings. The number of fused-ring (bicyclic) bond motifs is 1. The van der Waals surface area contributed by atoms with Crippen LogP contribution in [0.4, 0.5) is 11.4 Å². The van der Waals surface area contributed by atoms with E-state index in [0.717, 1.165) is 0 Å². The maximum absolute atomic E-state index is 12.1. The van der Waals surface area contributed by atoms with Crippen molar-refractivity contribution in [1.29, 1.82) is 0 Å². The number of benzene rings is 1. The highest BCUT2D eigenvalue weighted by Crippen LogP contribution is 2.41. The van der Waals surface area contributed by atoms with Gasteiger partial charge in [-0.3, -0.25) is 45.3 Å². The number of ketones is 1. The molecule has 0 spiro atoms. The van der Waals surface area contributed by atoms with E-state index >= 15 is 0 Å². The van der Waals surface area contributed by atoms with Gasteiger partial charge in [0.05, 0.1) is 26.4 Å². The molecule has 0 saturated carbocycles. The summed E-state index contributed by atoms with van der Waals surface area (Å²) in [6.07, 6.45) is 0. The maximum atomic E-state index is 12.1. The third-order valence-electron chi connectivity index (χ3n) is 3.25. The lowest BCUT2D eigenvalue weighted by atomic mass is 9.86. The zero-order valence-electron chi connectivity index (χ0n) is 11.3. The Balaban J connectivity index is 2.97. The molecule has 0 bridgehead atoms. The van der Waals surface area contributed by atoms with Gasteiger partial charge in [0.2, 0.25) is 0 Å². The van der Waals surface area contributed by atoms with E-state index in [2.05, 4.69) is 0 Å². The van der Waals surface area contributed by atoms with Crippen LogP contribution in [0, 0.1) is 40.5 Å². The SMILES string of the molecule is NC1=C([N+](=O)[O-])C(=O)c2cc([N+](=O)[O-])cc([N+](=O)[O-])c2[C@@H]1[N+](=O)[O-]. The number of non-ortho nitro benzene ring substituents is 1. The summed E-state index contributed by atoms with van der Waals surface area (Å²) in [7, 11) is 0. The number of carbonyl (C=O) groups is 1. The van der Waals surface area contributed by atoms with E-state index in [-0.39, 0.29) is 0 Å². The lowest BCUT2D eigenvalue weighted by molar-refractivity contribution is -0.523. The Morgan fingerprint density at radius 2 is 1.50 bits per heavy atom. The van der Waals surface area contributed by atoms with Gasteiger partial charge in [-0.2, -0.15) is 0 Å². The van der Waals surface area contributed by atoms with Gasteiger partial charge < -0.3 is 5.73 Å². The first-order chi connectivity index (χ1) is 11.1. The smallest absolute Gasteiger partial charge is 0.342 e. The van der Waals surface area contributed by atoms with Crippen molar-refractivity contribution in [3.05, 3.63) is 75.1 Å². The minimum atomic E-state index is -2.25. The Labute approximate surface area is 129 Å². The first-order valence-electron chi connectivity index (χ1n) is 5.86. The highest BCUT2D eigenvalue weighted by molar-refractivity contribution is 6.11. The molecule has 0 radical (unpaired) electrons. The van der Waals surface area contributed by atoms with Crippen molar-refractivity contribution in [2.24, 2.45) is 5.73 Å². The summed E-state index contributed by atoms with van der Waals surface area (Å²) in [5.41, 5.74) is -0.837. The highest BCUT2D eigenvalue weighted by Gasteiger charge is 2.50. The lowest BCUT2D eigenvalue weighted by Crippen LogP contribution is -2.32. The summed E-state index contributed by atoms with van der Waals surface area (Å²) in [5.74, 6) is -1.47. The fourth-order valence-corrected chi connectivity index (χ4v) is 2.31. The van der Waals surface area contributed by atoms with Gasteiger partial charge in [0, 0.05) is 11.0 Å². The maximum Gasteiger partial charge on any atom is 0.342 e. The van der Waals surface area contributed by atoms with Crippen LogP contribution in [-0.2, 0) is 0 Å². The van der Waals surface area contributed by atoms with Crippen molar-refractivity contribution >= 4 is 17.2 Å². The van der Waals surface area contributed by atoms with Crippen LogP contribution in [0.15, 0.2) is 23.5 Å². The van der Waals surface area contributed by atoms with Crippen LogP contribution < -0.4 is 5.73 Å². The monoisotopic (exact) mass is 339 g/mol. The Bertz CT molecular complexity index is 874. The van der Waals surface area contributed by atoms with Crippen molar-refractivity contribution in [1.82, 2.24) is 0 Å². The van der Waals surface area contributed by atoms with Gasteiger partial charge in [-0.15, -0.1) is 0 Å². The minimum Gasteiger partial charge on any atom is -0.390 e. The number of Topliss-reactive ketones (excluding diaryl/α,β-unsaturated/α-hetero) is 1. The van der Waals surface area contributed by atoms with Crippen molar-refractivity contribution in [2.45, 2.75) is 6.04 Å². The Kier molecular flexibility index (Phi) is 3.65. The zero-order valence-corrected chi connectivity index (χ0v) is 11.3. The summed E-state index contributed by atoms with van der Waals surface area (Å²) >= 11 is 0. The van der Waals surface area contributed by atoms with E-state index in [0.29, 0.717) is 12.1 Å². The fourth-order valence-electron chi connectivity index (χ4n) is 2.31.